The van der Waals surface area contributed by atoms with Crippen molar-refractivity contribution < 1.29 is 115 Å². The normalized spacial score (nSPS) is 38.8. The molecule has 0 saturated carbocycles. The van der Waals surface area contributed by atoms with Crippen LogP contribution in [0, 0.1) is 47.3 Å². The molecule has 0 spiro atoms. The fraction of sp³-hybridized carbons (Fsp3) is 0.837. The molecule has 16 fully saturated rings. The first-order chi connectivity index (χ1) is 62.5. The predicted octanol–water partition coefficient (Wildman–Crippen LogP) is 17.5. The number of ketones is 2. The Balaban J connectivity index is 0.000000247. The van der Waals surface area contributed by atoms with Gasteiger partial charge in [-0.1, -0.05) is 179 Å². The molecule has 0 amide bonds. The standard InChI is InChI=1S/C55H83BrO11Si.C47H77BrO11Si.2CH3O.Mg/c1-12-13-19-39-25-33(3)35(5)45(60-39)29-46-42(36(6)44(63-46)24-32(2)31-59-68(10,11)54(7,8)9)28-38(57)27-40-20-21-43-48(61-40)52-51-50(64-43)49-47(65-51)30-55(66-49,67-52)23-22-41(26-34(4)56)62-53(58)37-17-15-14-16-18-37;1-26(25-52-60(9,10)46(6,7)8)18-37-30(5)35(39(55-37)23-38-29(4)27(2)19-33(53-38)12-11-17-49)22-32(51)21-34-13-14-36-41(54-34)45-44-43(56-36)42-40(57-44)24-47(58-42,59-45)16-15-31(50)20-28(3)48;2*1-2;/h14-18,32-33,36,39-52H,4-5,12-13,19-31H2,1-3,6-11H3;26-27,30-31,33-45,49-50H,3-4,11-25H2,1-2,5-10H3;2*1H3;/q;;2*-1;+2/t32-,33+,36+,39-,40+,41+,42+,43-,44+,45+,46?,47+,48-,49?,50-,51+,52-,55-;26-,27+,30+,31+,33-,34+,35+,36-,37+,38+,39?,40+,41-,42?,43-,44+,45-,47-;;;/m00.../s1. The summed E-state index contributed by atoms with van der Waals surface area (Å²) in [5, 5.41) is 37.0. The van der Waals surface area contributed by atoms with Gasteiger partial charge < -0.3 is 100 Å². The van der Waals surface area contributed by atoms with Gasteiger partial charge in [0.1, 0.15) is 78.7 Å². The summed E-state index contributed by atoms with van der Waals surface area (Å²) in [6, 6.07) is 9.04. The smallest absolute Gasteiger partial charge is 0.857 e. The van der Waals surface area contributed by atoms with Crippen LogP contribution < -0.4 is 10.2 Å². The van der Waals surface area contributed by atoms with Crippen LogP contribution >= 0.6 is 31.9 Å². The fourth-order valence-electron chi connectivity index (χ4n) is 23.1. The molecule has 29 heteroatoms. The van der Waals surface area contributed by atoms with Crippen molar-refractivity contribution >= 4 is 89.1 Å². The zero-order valence-corrected chi connectivity index (χ0v) is 90.5. The molecule has 12 bridgehead atoms. The summed E-state index contributed by atoms with van der Waals surface area (Å²) in [7, 11) is -2.30. The van der Waals surface area contributed by atoms with Crippen molar-refractivity contribution in [3.8, 4) is 0 Å². The van der Waals surface area contributed by atoms with Crippen LogP contribution in [0.4, 0.5) is 0 Å². The molecule has 750 valence electrons. The molecule has 1 aromatic carbocycles. The van der Waals surface area contributed by atoms with Crippen LogP contribution in [-0.4, -0.2) is 272 Å². The Hall–Kier alpha value is -1.65. The summed E-state index contributed by atoms with van der Waals surface area (Å²) in [5.74, 6) is -0.0207. The van der Waals surface area contributed by atoms with Crippen LogP contribution in [0.25, 0.3) is 0 Å². The monoisotopic (exact) mass is 2040 g/mol. The number of hydrogen-bond acceptors (Lipinski definition) is 24. The molecule has 24 nitrogen and oxygen atoms in total. The molecule has 16 heterocycles. The number of unbranched alkanes of at least 4 members (excludes halogenated alkanes) is 1. The number of esters is 1. The van der Waals surface area contributed by atoms with E-state index in [0.29, 0.717) is 132 Å². The van der Waals surface area contributed by atoms with Gasteiger partial charge in [-0.3, -0.25) is 9.59 Å². The summed E-state index contributed by atoms with van der Waals surface area (Å²) < 4.78 is 116. The topological polar surface area (TPSA) is 295 Å². The van der Waals surface area contributed by atoms with Gasteiger partial charge in [-0.2, -0.15) is 14.2 Å². The first-order valence-corrected chi connectivity index (χ1v) is 57.9. The quantitative estimate of drug-likeness (QED) is 0.0350. The summed E-state index contributed by atoms with van der Waals surface area (Å²) in [4.78, 5) is 41.9. The average Bonchev–Trinajstić information content (AvgIpc) is 1.55. The van der Waals surface area contributed by atoms with Gasteiger partial charge in [0.15, 0.2) is 28.2 Å². The fourth-order valence-corrected chi connectivity index (χ4v) is 26.1. The van der Waals surface area contributed by atoms with Crippen molar-refractivity contribution in [2.24, 2.45) is 47.3 Å². The van der Waals surface area contributed by atoms with Gasteiger partial charge in [0.05, 0.1) is 97.1 Å². The molecule has 16 aliphatic rings. The molecular formula is C104H166Br2MgO24Si2. The van der Waals surface area contributed by atoms with Gasteiger partial charge in [0, 0.05) is 96.9 Å². The molecule has 17 rings (SSSR count). The number of benzene rings is 1. The number of ether oxygens (including phenoxy) is 15. The van der Waals surface area contributed by atoms with Gasteiger partial charge in [-0.25, -0.2) is 4.79 Å². The number of carbonyl (C=O) groups excluding carboxylic acids is 3. The minimum atomic E-state index is -1.90. The van der Waals surface area contributed by atoms with Crippen LogP contribution in [0.5, 0.6) is 0 Å². The predicted molar refractivity (Wildman–Crippen MR) is 521 cm³/mol. The number of hydrogen-bond donors (Lipinski definition) is 2. The van der Waals surface area contributed by atoms with Crippen LogP contribution in [0.15, 0.2) is 76.8 Å². The zero-order valence-electron chi connectivity index (χ0n) is 83.9. The molecule has 36 atom stereocenters. The average molecular weight is 2040 g/mol. The molecule has 4 unspecified atom stereocenters. The van der Waals surface area contributed by atoms with E-state index >= 15 is 0 Å². The van der Waals surface area contributed by atoms with Crippen molar-refractivity contribution in [1.29, 1.82) is 0 Å². The number of aliphatic hydroxyl groups excluding tert-OH is 2. The molecule has 0 radical (unpaired) electrons. The first-order valence-electron chi connectivity index (χ1n) is 50.5. The molecule has 0 aliphatic carbocycles. The number of halogens is 2. The van der Waals surface area contributed by atoms with Crippen LogP contribution in [0.2, 0.25) is 36.3 Å². The zero-order chi connectivity index (χ0) is 96.0. The maximum absolute atomic E-state index is 14.5. The number of rotatable bonds is 40. The molecule has 16 saturated heterocycles. The van der Waals surface area contributed by atoms with E-state index in [1.54, 1.807) is 12.1 Å². The van der Waals surface area contributed by atoms with E-state index in [9.17, 15) is 24.6 Å². The summed E-state index contributed by atoms with van der Waals surface area (Å²) >= 11 is 6.88. The second-order valence-electron chi connectivity index (χ2n) is 44.9. The van der Waals surface area contributed by atoms with Gasteiger partial charge in [-0.05, 0) is 199 Å². The molecule has 16 aliphatic heterocycles. The van der Waals surface area contributed by atoms with Crippen LogP contribution in [0.1, 0.15) is 274 Å². The molecule has 1 aromatic rings. The van der Waals surface area contributed by atoms with Crippen molar-refractivity contribution in [2.75, 3.05) is 34.0 Å². The summed E-state index contributed by atoms with van der Waals surface area (Å²) in [5.41, 5.74) is 2.75. The van der Waals surface area contributed by atoms with Crippen LogP contribution in [0.3, 0.4) is 0 Å². The van der Waals surface area contributed by atoms with Crippen LogP contribution in [-0.2, 0) is 89.5 Å². The third-order valence-corrected chi connectivity index (χ3v) is 42.5. The Morgan fingerprint density at radius 2 is 0.932 bits per heavy atom. The second kappa shape index (κ2) is 48.4. The van der Waals surface area contributed by atoms with Gasteiger partial charge in [-0.15, -0.1) is 0 Å². The Morgan fingerprint density at radius 3 is 1.35 bits per heavy atom. The number of fused-ring (bicyclic) bond motifs is 2. The minimum Gasteiger partial charge on any atom is -0.857 e. The number of carbonyl (C=O) groups is 3. The molecule has 2 N–H and O–H groups in total. The Bertz CT molecular complexity index is 3950. The third kappa shape index (κ3) is 27.3. The van der Waals surface area contributed by atoms with E-state index in [1.807, 2.05) is 18.2 Å². The van der Waals surface area contributed by atoms with Crippen molar-refractivity contribution in [2.45, 2.75) is 470 Å². The van der Waals surface area contributed by atoms with E-state index in [-0.39, 0.29) is 215 Å². The minimum absolute atomic E-state index is 0. The number of aliphatic hydroxyl groups is 2. The first kappa shape index (κ1) is 112. The van der Waals surface area contributed by atoms with E-state index in [0.717, 1.165) is 118 Å². The molecule has 0 aromatic heterocycles. The largest absolute Gasteiger partial charge is 2.00 e. The molecule has 133 heavy (non-hydrogen) atoms. The summed E-state index contributed by atoms with van der Waals surface area (Å²) in [6.07, 6.45) is 13.2. The summed E-state index contributed by atoms with van der Waals surface area (Å²) in [6.45, 7) is 57.3. The number of Topliss-reactive ketones (excluding diaryl/α,β-unsaturated/α-hetero) is 2. The van der Waals surface area contributed by atoms with Gasteiger partial charge in [0.2, 0.25) is 0 Å². The maximum Gasteiger partial charge on any atom is 2.00 e. The van der Waals surface area contributed by atoms with E-state index < -0.39 is 52.6 Å². The Labute approximate surface area is 831 Å². The van der Waals surface area contributed by atoms with Crippen molar-refractivity contribution in [3.05, 3.63) is 82.3 Å². The maximum atomic E-state index is 14.5. The van der Waals surface area contributed by atoms with E-state index in [4.69, 9.17) is 90.1 Å². The van der Waals surface area contributed by atoms with Crippen molar-refractivity contribution in [3.63, 3.8) is 0 Å². The van der Waals surface area contributed by atoms with E-state index in [2.05, 4.69) is 174 Å². The Kier molecular flexibility index (Phi) is 40.6. The molecular weight excluding hydrogens is 1870 g/mol. The van der Waals surface area contributed by atoms with Crippen molar-refractivity contribution in [1.82, 2.24) is 0 Å². The van der Waals surface area contributed by atoms with Gasteiger partial charge in [0.25, 0.3) is 0 Å². The Morgan fingerprint density at radius 1 is 0.526 bits per heavy atom. The van der Waals surface area contributed by atoms with E-state index in [1.165, 1.54) is 0 Å². The SMILES string of the molecule is C=C(Br)C[C@@H](CC[C@@]12C[C@H]3O[C@H]4[C@@H](O1)[C@H]1O[C@@H](CC(=O)C[C@H]5C(C[C@H]6O[C@@H](CCCC)C[C@@H](C)C6=C)O[C@H](C[C@H](C)CO[Si](C)(C)C(C)(C)C)[C@@H]5C)CC[C@@H]1O[C@H]4C3O2)OC(=O)c1ccccc1.C=C(Br)C[C@H](O)CC[C@@]12C[C@H]3O[C@H]4[C@@H](O1)[C@H]1O[C@@H](CC(=O)C[C@H]5C(C[C@H]6O[C@@H](CCCO)C[C@@H](C)C6=C)O[C@H](C[C@H](C)CO[Si](C)(C)C(C)(C)C)[C@@H]5C)CC[C@@H]1O[C@H]4C3O2.C[O-].C[O-].[Mg+2]. The van der Waals surface area contributed by atoms with Gasteiger partial charge >= 0.3 is 29.0 Å². The third-order valence-electron chi connectivity index (χ3n) is 32.8. The second-order valence-corrected chi connectivity index (χ2v) is 56.7.